The third kappa shape index (κ3) is 1.72. The van der Waals surface area contributed by atoms with E-state index in [1.165, 1.54) is 50.5 Å². The Hall–Kier alpha value is -0.780. The van der Waals surface area contributed by atoms with Crippen LogP contribution in [0.25, 0.3) is 0 Å². The van der Waals surface area contributed by atoms with Crippen molar-refractivity contribution in [3.63, 3.8) is 0 Å². The number of benzene rings is 1. The van der Waals surface area contributed by atoms with E-state index >= 15 is 0 Å². The molecule has 0 unspecified atom stereocenters. The molecule has 0 saturated heterocycles. The molecule has 4 atom stereocenters. The van der Waals surface area contributed by atoms with Crippen molar-refractivity contribution in [1.29, 1.82) is 0 Å². The van der Waals surface area contributed by atoms with Gasteiger partial charge < -0.3 is 0 Å². The zero-order chi connectivity index (χ0) is 13.0. The highest BCUT2D eigenvalue weighted by Gasteiger charge is 2.49. The van der Waals surface area contributed by atoms with Crippen LogP contribution in [-0.4, -0.2) is 0 Å². The van der Waals surface area contributed by atoms with Crippen molar-refractivity contribution in [3.05, 3.63) is 34.9 Å². The van der Waals surface area contributed by atoms with Gasteiger partial charge in [0.15, 0.2) is 0 Å². The summed E-state index contributed by atoms with van der Waals surface area (Å²) in [6.45, 7) is 4.83. The van der Waals surface area contributed by atoms with Crippen LogP contribution in [0.3, 0.4) is 0 Å². The predicted molar refractivity (Wildman–Crippen MR) is 80.4 cm³/mol. The van der Waals surface area contributed by atoms with Gasteiger partial charge in [-0.05, 0) is 79.7 Å². The first kappa shape index (κ1) is 12.0. The summed E-state index contributed by atoms with van der Waals surface area (Å²) in [5.74, 6) is 2.91. The van der Waals surface area contributed by atoms with Crippen molar-refractivity contribution >= 4 is 0 Å². The molecule has 0 nitrogen and oxygen atoms in total. The number of hydrogen-bond donors (Lipinski definition) is 0. The summed E-state index contributed by atoms with van der Waals surface area (Å²) in [6.07, 6.45) is 10.2. The Balaban J connectivity index is 1.72. The van der Waals surface area contributed by atoms with Crippen LogP contribution in [0.1, 0.15) is 68.1 Å². The highest BCUT2D eigenvalue weighted by Crippen LogP contribution is 2.60. The van der Waals surface area contributed by atoms with Gasteiger partial charge in [-0.15, -0.1) is 0 Å². The van der Waals surface area contributed by atoms with Crippen molar-refractivity contribution in [2.45, 2.75) is 64.7 Å². The summed E-state index contributed by atoms with van der Waals surface area (Å²) < 4.78 is 0. The molecule has 0 bridgehead atoms. The largest absolute Gasteiger partial charge is 0.0594 e. The second kappa shape index (κ2) is 4.11. The molecule has 0 spiro atoms. The Labute approximate surface area is 117 Å². The molecule has 0 radical (unpaired) electrons. The number of rotatable bonds is 0. The zero-order valence-electron chi connectivity index (χ0n) is 12.4. The number of fused-ring (bicyclic) bond motifs is 5. The quantitative estimate of drug-likeness (QED) is 0.594. The van der Waals surface area contributed by atoms with Crippen LogP contribution in [0.2, 0.25) is 0 Å². The summed E-state index contributed by atoms with van der Waals surface area (Å²) in [5, 5.41) is 0. The van der Waals surface area contributed by atoms with E-state index in [0.29, 0.717) is 5.41 Å². The van der Waals surface area contributed by atoms with E-state index in [1.807, 2.05) is 0 Å². The third-order valence-electron chi connectivity index (χ3n) is 6.66. The standard InChI is InChI=1S/C19H26/c1-13-5-7-15-14(12-13)6-8-17-16(15)9-11-19(2)10-3-4-18(17)19/h5,7,12,16-18H,3-4,6,8-11H2,1-2H3/t16-,17-,18+,19+/m1/s1. The van der Waals surface area contributed by atoms with Gasteiger partial charge in [0.05, 0.1) is 0 Å². The molecule has 102 valence electrons. The normalized spacial score (nSPS) is 40.4. The Kier molecular flexibility index (Phi) is 2.59. The highest BCUT2D eigenvalue weighted by molar-refractivity contribution is 5.37. The molecule has 4 rings (SSSR count). The number of hydrogen-bond acceptors (Lipinski definition) is 0. The smallest absolute Gasteiger partial charge is 0.0128 e. The van der Waals surface area contributed by atoms with Gasteiger partial charge >= 0.3 is 0 Å². The Bertz CT molecular complexity index is 501. The van der Waals surface area contributed by atoms with Gasteiger partial charge in [0.1, 0.15) is 0 Å². The maximum atomic E-state index is 2.59. The molecular formula is C19H26. The first-order valence-corrected chi connectivity index (χ1v) is 8.27. The lowest BCUT2D eigenvalue weighted by molar-refractivity contribution is 0.0598. The van der Waals surface area contributed by atoms with E-state index in [4.69, 9.17) is 0 Å². The predicted octanol–water partition coefficient (Wildman–Crippen LogP) is 5.24. The minimum absolute atomic E-state index is 0.698. The van der Waals surface area contributed by atoms with Crippen molar-refractivity contribution < 1.29 is 0 Å². The van der Waals surface area contributed by atoms with Crippen LogP contribution in [-0.2, 0) is 6.42 Å². The monoisotopic (exact) mass is 254 g/mol. The van der Waals surface area contributed by atoms with E-state index < -0.39 is 0 Å². The first-order valence-electron chi connectivity index (χ1n) is 8.27. The molecule has 0 aliphatic heterocycles. The summed E-state index contributed by atoms with van der Waals surface area (Å²) >= 11 is 0. The van der Waals surface area contributed by atoms with E-state index in [2.05, 4.69) is 32.0 Å². The highest BCUT2D eigenvalue weighted by atomic mass is 14.5. The molecule has 0 N–H and O–H groups in total. The molecule has 0 amide bonds. The maximum Gasteiger partial charge on any atom is -0.0128 e. The lowest BCUT2D eigenvalue weighted by Gasteiger charge is -2.49. The van der Waals surface area contributed by atoms with Crippen LogP contribution >= 0.6 is 0 Å². The fourth-order valence-electron chi connectivity index (χ4n) is 5.70. The Morgan fingerprint density at radius 1 is 1.11 bits per heavy atom. The van der Waals surface area contributed by atoms with E-state index in [1.54, 1.807) is 11.1 Å². The Morgan fingerprint density at radius 3 is 2.89 bits per heavy atom. The fourth-order valence-corrected chi connectivity index (χ4v) is 5.70. The molecule has 1 aromatic carbocycles. The molecule has 3 aliphatic rings. The van der Waals surface area contributed by atoms with Gasteiger partial charge in [-0.1, -0.05) is 37.1 Å². The topological polar surface area (TPSA) is 0 Å². The number of aryl methyl sites for hydroxylation is 2. The molecule has 0 heteroatoms. The average molecular weight is 254 g/mol. The van der Waals surface area contributed by atoms with Gasteiger partial charge in [0.2, 0.25) is 0 Å². The van der Waals surface area contributed by atoms with Crippen molar-refractivity contribution in [2.75, 3.05) is 0 Å². The SMILES string of the molecule is Cc1ccc2c(c1)CC[C@@H]1[C@@H]2CC[C@]2(C)CCC[C@@H]12. The van der Waals surface area contributed by atoms with Crippen LogP contribution in [0.5, 0.6) is 0 Å². The van der Waals surface area contributed by atoms with Crippen LogP contribution in [0, 0.1) is 24.2 Å². The second-order valence-corrected chi connectivity index (χ2v) is 7.70. The first-order chi connectivity index (χ1) is 9.17. The molecule has 19 heavy (non-hydrogen) atoms. The van der Waals surface area contributed by atoms with E-state index in [-0.39, 0.29) is 0 Å². The van der Waals surface area contributed by atoms with Gasteiger partial charge in [0.25, 0.3) is 0 Å². The van der Waals surface area contributed by atoms with Gasteiger partial charge in [-0.3, -0.25) is 0 Å². The van der Waals surface area contributed by atoms with Crippen molar-refractivity contribution in [2.24, 2.45) is 17.3 Å². The minimum Gasteiger partial charge on any atom is -0.0594 e. The molecular weight excluding hydrogens is 228 g/mol. The van der Waals surface area contributed by atoms with E-state index in [0.717, 1.165) is 17.8 Å². The van der Waals surface area contributed by atoms with Crippen LogP contribution in [0.15, 0.2) is 18.2 Å². The lowest BCUT2D eigenvalue weighted by Crippen LogP contribution is -2.39. The molecule has 1 aromatic rings. The average Bonchev–Trinajstić information content (AvgIpc) is 2.79. The molecule has 2 saturated carbocycles. The van der Waals surface area contributed by atoms with Gasteiger partial charge in [0, 0.05) is 0 Å². The van der Waals surface area contributed by atoms with Gasteiger partial charge in [-0.2, -0.15) is 0 Å². The van der Waals surface area contributed by atoms with Gasteiger partial charge in [-0.25, -0.2) is 0 Å². The Morgan fingerprint density at radius 2 is 2.00 bits per heavy atom. The lowest BCUT2D eigenvalue weighted by atomic mass is 9.56. The van der Waals surface area contributed by atoms with Crippen molar-refractivity contribution in [1.82, 2.24) is 0 Å². The summed E-state index contributed by atoms with van der Waals surface area (Å²) in [6, 6.07) is 7.25. The van der Waals surface area contributed by atoms with Crippen LogP contribution < -0.4 is 0 Å². The molecule has 0 heterocycles. The maximum absolute atomic E-state index is 2.59. The summed E-state index contributed by atoms with van der Waals surface area (Å²) in [5.41, 5.74) is 5.53. The molecule has 0 aromatic heterocycles. The zero-order valence-corrected chi connectivity index (χ0v) is 12.4. The van der Waals surface area contributed by atoms with Crippen molar-refractivity contribution in [3.8, 4) is 0 Å². The van der Waals surface area contributed by atoms with Crippen LogP contribution in [0.4, 0.5) is 0 Å². The minimum atomic E-state index is 0.698. The fraction of sp³-hybridized carbons (Fsp3) is 0.684. The molecule has 3 aliphatic carbocycles. The second-order valence-electron chi connectivity index (χ2n) is 7.70. The third-order valence-corrected chi connectivity index (χ3v) is 6.66. The summed E-state index contributed by atoms with van der Waals surface area (Å²) in [4.78, 5) is 0. The summed E-state index contributed by atoms with van der Waals surface area (Å²) in [7, 11) is 0. The van der Waals surface area contributed by atoms with E-state index in [9.17, 15) is 0 Å². The molecule has 2 fully saturated rings.